The van der Waals surface area contributed by atoms with E-state index in [9.17, 15) is 9.90 Å². The molecule has 5 rings (SSSR count). The second kappa shape index (κ2) is 9.70. The van der Waals surface area contributed by atoms with Crippen LogP contribution in [0.25, 0.3) is 21.7 Å². The van der Waals surface area contributed by atoms with Gasteiger partial charge in [-0.3, -0.25) is 4.79 Å². The van der Waals surface area contributed by atoms with Crippen molar-refractivity contribution in [2.45, 2.75) is 18.8 Å². The van der Waals surface area contributed by atoms with Crippen LogP contribution < -0.4 is 10.1 Å². The van der Waals surface area contributed by atoms with E-state index >= 15 is 0 Å². The molecule has 0 aliphatic heterocycles. The lowest BCUT2D eigenvalue weighted by molar-refractivity contribution is -0.137. The third kappa shape index (κ3) is 4.73. The molecular formula is C27H26N4O3. The second-order valence-electron chi connectivity index (χ2n) is 8.28. The fraction of sp³-hybridized carbons (Fsp3) is 0.185. The van der Waals surface area contributed by atoms with Gasteiger partial charge in [0.2, 0.25) is 0 Å². The number of carboxylic acids is 1. The van der Waals surface area contributed by atoms with Gasteiger partial charge in [0.1, 0.15) is 5.75 Å². The van der Waals surface area contributed by atoms with Gasteiger partial charge in [-0.2, -0.15) is 0 Å². The van der Waals surface area contributed by atoms with Gasteiger partial charge in [-0.1, -0.05) is 42.5 Å². The normalized spacial score (nSPS) is 12.1. The Bertz CT molecular complexity index is 1410. The molecule has 0 aliphatic carbocycles. The quantitative estimate of drug-likeness (QED) is 0.208. The molecule has 0 fully saturated rings. The number of nitrogens with zero attached hydrogens (tertiary/aromatic N) is 1. The van der Waals surface area contributed by atoms with Crippen LogP contribution in [0.2, 0.25) is 0 Å². The van der Waals surface area contributed by atoms with Crippen LogP contribution >= 0.6 is 0 Å². The molecule has 5 aromatic rings. The van der Waals surface area contributed by atoms with Crippen LogP contribution in [0, 0.1) is 0 Å². The molecule has 0 amide bonds. The van der Waals surface area contributed by atoms with E-state index in [2.05, 4.69) is 44.5 Å². The molecule has 0 spiro atoms. The third-order valence-electron chi connectivity index (χ3n) is 6.00. The van der Waals surface area contributed by atoms with Gasteiger partial charge in [0.15, 0.2) is 5.95 Å². The number of ether oxygens (including phenoxy) is 1. The lowest BCUT2D eigenvalue weighted by Crippen LogP contribution is -2.08. The molecule has 4 N–H and O–H groups in total. The number of aliphatic carboxylic acids is 1. The Balaban J connectivity index is 1.33. The van der Waals surface area contributed by atoms with Gasteiger partial charge in [0, 0.05) is 48.0 Å². The zero-order chi connectivity index (χ0) is 23.3. The van der Waals surface area contributed by atoms with Crippen molar-refractivity contribution in [3.63, 3.8) is 0 Å². The molecule has 172 valence electrons. The van der Waals surface area contributed by atoms with Crippen LogP contribution in [0.4, 0.5) is 5.95 Å². The average Bonchev–Trinajstić information content (AvgIpc) is 3.52. The molecule has 0 bridgehead atoms. The van der Waals surface area contributed by atoms with Crippen molar-refractivity contribution in [1.29, 1.82) is 0 Å². The summed E-state index contributed by atoms with van der Waals surface area (Å²) in [4.78, 5) is 22.2. The van der Waals surface area contributed by atoms with Crippen molar-refractivity contribution in [2.24, 2.45) is 0 Å². The lowest BCUT2D eigenvalue weighted by Gasteiger charge is -2.16. The Kier molecular flexibility index (Phi) is 6.16. The summed E-state index contributed by atoms with van der Waals surface area (Å²) in [6, 6.07) is 20.2. The zero-order valence-electron chi connectivity index (χ0n) is 18.6. The largest absolute Gasteiger partial charge is 0.493 e. The highest BCUT2D eigenvalue weighted by atomic mass is 16.5. The van der Waals surface area contributed by atoms with Crippen LogP contribution in [-0.2, 0) is 4.79 Å². The Morgan fingerprint density at radius 3 is 2.76 bits per heavy atom. The van der Waals surface area contributed by atoms with Crippen LogP contribution in [-0.4, -0.2) is 39.2 Å². The Morgan fingerprint density at radius 1 is 1.06 bits per heavy atom. The van der Waals surface area contributed by atoms with Crippen molar-refractivity contribution >= 4 is 33.6 Å². The number of carboxylic acid groups (broad SMARTS) is 1. The first-order chi connectivity index (χ1) is 16.7. The monoisotopic (exact) mass is 454 g/mol. The number of benzene rings is 3. The highest BCUT2D eigenvalue weighted by molar-refractivity contribution is 5.87. The van der Waals surface area contributed by atoms with Gasteiger partial charge in [-0.15, -0.1) is 0 Å². The molecule has 7 nitrogen and oxygen atoms in total. The smallest absolute Gasteiger partial charge is 0.304 e. The number of imidazole rings is 1. The average molecular weight is 455 g/mol. The Hall–Kier alpha value is -4.26. The number of aromatic amines is 2. The second-order valence-corrected chi connectivity index (χ2v) is 8.28. The van der Waals surface area contributed by atoms with Gasteiger partial charge < -0.3 is 25.1 Å². The number of hydrogen-bond acceptors (Lipinski definition) is 4. The molecule has 1 unspecified atom stereocenters. The molecule has 2 aromatic heterocycles. The van der Waals surface area contributed by atoms with Gasteiger partial charge in [-0.05, 0) is 40.5 Å². The third-order valence-corrected chi connectivity index (χ3v) is 6.00. The van der Waals surface area contributed by atoms with E-state index in [1.165, 1.54) is 0 Å². The number of H-pyrrole nitrogens is 2. The van der Waals surface area contributed by atoms with Gasteiger partial charge in [0.25, 0.3) is 0 Å². The van der Waals surface area contributed by atoms with E-state index in [0.29, 0.717) is 6.61 Å². The van der Waals surface area contributed by atoms with E-state index in [0.717, 1.165) is 57.5 Å². The molecule has 34 heavy (non-hydrogen) atoms. The van der Waals surface area contributed by atoms with Crippen molar-refractivity contribution in [1.82, 2.24) is 15.0 Å². The minimum Gasteiger partial charge on any atom is -0.493 e. The Labute approximate surface area is 196 Å². The van der Waals surface area contributed by atoms with E-state index in [4.69, 9.17) is 4.74 Å². The number of anilines is 1. The van der Waals surface area contributed by atoms with Crippen LogP contribution in [0.3, 0.4) is 0 Å². The maximum atomic E-state index is 11.7. The summed E-state index contributed by atoms with van der Waals surface area (Å²) < 4.78 is 5.92. The zero-order valence-corrected chi connectivity index (χ0v) is 18.6. The fourth-order valence-corrected chi connectivity index (χ4v) is 4.34. The fourth-order valence-electron chi connectivity index (χ4n) is 4.34. The minimum atomic E-state index is -0.824. The molecule has 1 atom stereocenters. The summed E-state index contributed by atoms with van der Waals surface area (Å²) in [6.07, 6.45) is 6.26. The predicted molar refractivity (Wildman–Crippen MR) is 134 cm³/mol. The number of hydrogen-bond donors (Lipinski definition) is 4. The van der Waals surface area contributed by atoms with Gasteiger partial charge in [-0.25, -0.2) is 4.98 Å². The summed E-state index contributed by atoms with van der Waals surface area (Å²) in [5.74, 6) is 0.452. The summed E-state index contributed by atoms with van der Waals surface area (Å²) in [7, 11) is 0. The molecule has 0 aliphatic rings. The summed E-state index contributed by atoms with van der Waals surface area (Å²) in [6.45, 7) is 1.33. The first kappa shape index (κ1) is 21.6. The Morgan fingerprint density at radius 2 is 1.94 bits per heavy atom. The number of rotatable bonds is 10. The molecular weight excluding hydrogens is 428 g/mol. The van der Waals surface area contributed by atoms with E-state index in [-0.39, 0.29) is 12.3 Å². The van der Waals surface area contributed by atoms with Crippen molar-refractivity contribution in [3.8, 4) is 5.75 Å². The first-order valence-electron chi connectivity index (χ1n) is 11.3. The first-order valence-corrected chi connectivity index (χ1v) is 11.3. The van der Waals surface area contributed by atoms with Crippen LogP contribution in [0.15, 0.2) is 79.3 Å². The number of nitrogens with one attached hydrogen (secondary N) is 3. The van der Waals surface area contributed by atoms with Crippen LogP contribution in [0.5, 0.6) is 5.75 Å². The molecule has 2 heterocycles. The highest BCUT2D eigenvalue weighted by Crippen LogP contribution is 2.35. The summed E-state index contributed by atoms with van der Waals surface area (Å²) in [5, 5.41) is 16.1. The van der Waals surface area contributed by atoms with E-state index in [1.807, 2.05) is 42.6 Å². The van der Waals surface area contributed by atoms with Gasteiger partial charge >= 0.3 is 5.97 Å². The molecule has 0 saturated heterocycles. The van der Waals surface area contributed by atoms with Crippen molar-refractivity contribution < 1.29 is 14.6 Å². The maximum absolute atomic E-state index is 11.7. The van der Waals surface area contributed by atoms with Crippen molar-refractivity contribution in [3.05, 3.63) is 90.4 Å². The minimum absolute atomic E-state index is 0.0201. The summed E-state index contributed by atoms with van der Waals surface area (Å²) >= 11 is 0. The molecule has 0 radical (unpaired) electrons. The molecule has 0 saturated carbocycles. The van der Waals surface area contributed by atoms with E-state index in [1.54, 1.807) is 12.4 Å². The maximum Gasteiger partial charge on any atom is 0.304 e. The molecule has 3 aromatic carbocycles. The van der Waals surface area contributed by atoms with E-state index < -0.39 is 5.97 Å². The predicted octanol–water partition coefficient (Wildman–Crippen LogP) is 5.53. The summed E-state index contributed by atoms with van der Waals surface area (Å²) in [5.41, 5.74) is 2.89. The SMILES string of the molecule is O=C(O)CC(c1ccc2ccccc2c1)c1c[nH]c2cc(OCCCNc3ncc[nH]3)ccc12. The number of fused-ring (bicyclic) bond motifs is 2. The van der Waals surface area contributed by atoms with Crippen molar-refractivity contribution in [2.75, 3.05) is 18.5 Å². The topological polar surface area (TPSA) is 103 Å². The highest BCUT2D eigenvalue weighted by Gasteiger charge is 2.21. The van der Waals surface area contributed by atoms with Crippen LogP contribution in [0.1, 0.15) is 29.9 Å². The number of aromatic nitrogens is 3. The lowest BCUT2D eigenvalue weighted by atomic mass is 9.87. The molecule has 7 heteroatoms. The standard InChI is InChI=1S/C27H26N4O3/c32-26(33)16-23(20-7-6-18-4-1-2-5-19(18)14-20)24-17-31-25-15-21(8-9-22(24)25)34-13-3-10-28-27-29-11-12-30-27/h1-2,4-9,11-12,14-15,17,23,31H,3,10,13,16H2,(H,32,33)(H2,28,29,30). The van der Waals surface area contributed by atoms with Gasteiger partial charge in [0.05, 0.1) is 13.0 Å². The number of carbonyl (C=O) groups is 1.